The predicted octanol–water partition coefficient (Wildman–Crippen LogP) is 6.26. The van der Waals surface area contributed by atoms with Gasteiger partial charge in [-0.05, 0) is 55.7 Å². The van der Waals surface area contributed by atoms with E-state index in [2.05, 4.69) is 22.5 Å². The summed E-state index contributed by atoms with van der Waals surface area (Å²) in [6.45, 7) is 2.21. The molecule has 4 rings (SSSR count). The fraction of sp³-hybridized carbons (Fsp3) is 0.364. The SMILES string of the molecule is CCC1(Nc2nc(Nc3ccc(Cl)cc3)c3cccc(O)c3n2)CCCCC1. The third-order valence-corrected chi connectivity index (χ3v) is 5.93. The van der Waals surface area contributed by atoms with Crippen LogP contribution in [-0.2, 0) is 0 Å². The molecule has 0 aliphatic heterocycles. The molecule has 0 amide bonds. The summed E-state index contributed by atoms with van der Waals surface area (Å²) in [6, 6.07) is 12.8. The summed E-state index contributed by atoms with van der Waals surface area (Å²) < 4.78 is 0. The van der Waals surface area contributed by atoms with Gasteiger partial charge < -0.3 is 15.7 Å². The minimum Gasteiger partial charge on any atom is -0.506 e. The smallest absolute Gasteiger partial charge is 0.225 e. The first-order valence-corrected chi connectivity index (χ1v) is 10.3. The Morgan fingerprint density at radius 3 is 2.50 bits per heavy atom. The zero-order chi connectivity index (χ0) is 19.6. The topological polar surface area (TPSA) is 70.1 Å². The summed E-state index contributed by atoms with van der Waals surface area (Å²) in [4.78, 5) is 9.41. The zero-order valence-electron chi connectivity index (χ0n) is 16.0. The molecule has 0 atom stereocenters. The van der Waals surface area contributed by atoms with Crippen molar-refractivity contribution in [2.75, 3.05) is 10.6 Å². The van der Waals surface area contributed by atoms with E-state index in [1.54, 1.807) is 12.1 Å². The van der Waals surface area contributed by atoms with Gasteiger partial charge in [-0.2, -0.15) is 4.98 Å². The Bertz CT molecular complexity index is 968. The van der Waals surface area contributed by atoms with Crippen LogP contribution in [0.5, 0.6) is 5.75 Å². The van der Waals surface area contributed by atoms with Gasteiger partial charge >= 0.3 is 0 Å². The van der Waals surface area contributed by atoms with Crippen molar-refractivity contribution in [1.82, 2.24) is 9.97 Å². The van der Waals surface area contributed by atoms with E-state index in [0.29, 0.717) is 22.3 Å². The Morgan fingerprint density at radius 1 is 1.04 bits per heavy atom. The van der Waals surface area contributed by atoms with E-state index in [-0.39, 0.29) is 11.3 Å². The first-order chi connectivity index (χ1) is 13.6. The number of hydrogen-bond donors (Lipinski definition) is 3. The number of halogens is 1. The van der Waals surface area contributed by atoms with E-state index < -0.39 is 0 Å². The molecule has 3 N–H and O–H groups in total. The van der Waals surface area contributed by atoms with E-state index >= 15 is 0 Å². The van der Waals surface area contributed by atoms with E-state index in [4.69, 9.17) is 16.6 Å². The lowest BCUT2D eigenvalue weighted by Crippen LogP contribution is -2.40. The third kappa shape index (κ3) is 3.85. The lowest BCUT2D eigenvalue weighted by Gasteiger charge is -2.37. The summed E-state index contributed by atoms with van der Waals surface area (Å²) in [7, 11) is 0. The minimum absolute atomic E-state index is 0.0217. The van der Waals surface area contributed by atoms with Gasteiger partial charge in [0.15, 0.2) is 0 Å². The van der Waals surface area contributed by atoms with Gasteiger partial charge in [0.25, 0.3) is 0 Å². The molecule has 0 bridgehead atoms. The minimum atomic E-state index is 0.0217. The lowest BCUT2D eigenvalue weighted by molar-refractivity contribution is 0.313. The number of hydrogen-bond acceptors (Lipinski definition) is 5. The van der Waals surface area contributed by atoms with Gasteiger partial charge in [0.1, 0.15) is 17.1 Å². The molecule has 2 aromatic carbocycles. The third-order valence-electron chi connectivity index (χ3n) is 5.68. The van der Waals surface area contributed by atoms with Crippen molar-refractivity contribution >= 4 is 40.0 Å². The van der Waals surface area contributed by atoms with Gasteiger partial charge in [0.05, 0.1) is 0 Å². The molecule has 0 spiro atoms. The van der Waals surface area contributed by atoms with Gasteiger partial charge in [0.2, 0.25) is 5.95 Å². The van der Waals surface area contributed by atoms with Crippen LogP contribution in [0.4, 0.5) is 17.5 Å². The highest BCUT2D eigenvalue weighted by Crippen LogP contribution is 2.36. The highest BCUT2D eigenvalue weighted by Gasteiger charge is 2.31. The number of nitrogens with zero attached hydrogens (tertiary/aromatic N) is 2. The highest BCUT2D eigenvalue weighted by molar-refractivity contribution is 6.30. The van der Waals surface area contributed by atoms with Gasteiger partial charge in [0, 0.05) is 21.6 Å². The quantitative estimate of drug-likeness (QED) is 0.475. The van der Waals surface area contributed by atoms with Crippen LogP contribution in [0.3, 0.4) is 0 Å². The van der Waals surface area contributed by atoms with E-state index in [1.807, 2.05) is 30.3 Å². The van der Waals surface area contributed by atoms with Crippen LogP contribution in [0.25, 0.3) is 10.9 Å². The van der Waals surface area contributed by atoms with Crippen LogP contribution >= 0.6 is 11.6 Å². The molecule has 146 valence electrons. The maximum Gasteiger partial charge on any atom is 0.225 e. The molecule has 1 aromatic heterocycles. The Labute approximate surface area is 170 Å². The number of nitrogens with one attached hydrogen (secondary N) is 2. The summed E-state index contributed by atoms with van der Waals surface area (Å²) in [5, 5.41) is 18.8. The molecule has 1 aliphatic rings. The van der Waals surface area contributed by atoms with Crippen molar-refractivity contribution in [1.29, 1.82) is 0 Å². The lowest BCUT2D eigenvalue weighted by atomic mass is 9.80. The number of phenolic OH excluding ortho intramolecular Hbond substituents is 1. The van der Waals surface area contributed by atoms with Crippen molar-refractivity contribution in [3.63, 3.8) is 0 Å². The molecule has 28 heavy (non-hydrogen) atoms. The largest absolute Gasteiger partial charge is 0.506 e. The molecule has 1 saturated carbocycles. The van der Waals surface area contributed by atoms with Crippen LogP contribution < -0.4 is 10.6 Å². The number of aromatic hydroxyl groups is 1. The number of para-hydroxylation sites is 1. The number of aromatic nitrogens is 2. The van der Waals surface area contributed by atoms with Crippen LogP contribution in [0.1, 0.15) is 45.4 Å². The second-order valence-corrected chi connectivity index (χ2v) is 7.96. The Balaban J connectivity index is 1.75. The zero-order valence-corrected chi connectivity index (χ0v) is 16.8. The second-order valence-electron chi connectivity index (χ2n) is 7.52. The first kappa shape index (κ1) is 18.8. The maximum atomic E-state index is 10.4. The maximum absolute atomic E-state index is 10.4. The van der Waals surface area contributed by atoms with Gasteiger partial charge in [-0.15, -0.1) is 0 Å². The number of anilines is 3. The average molecular weight is 397 g/mol. The second kappa shape index (κ2) is 7.84. The van der Waals surface area contributed by atoms with Crippen LogP contribution in [0.2, 0.25) is 5.02 Å². The van der Waals surface area contributed by atoms with Gasteiger partial charge in [-0.25, -0.2) is 4.98 Å². The molecule has 0 saturated heterocycles. The Kier molecular flexibility index (Phi) is 5.27. The van der Waals surface area contributed by atoms with Crippen LogP contribution in [-0.4, -0.2) is 20.6 Å². The normalized spacial score (nSPS) is 16.1. The number of benzene rings is 2. The summed E-state index contributed by atoms with van der Waals surface area (Å²) in [5.41, 5.74) is 1.44. The molecular weight excluding hydrogens is 372 g/mol. The van der Waals surface area contributed by atoms with E-state index in [1.165, 1.54) is 19.3 Å². The van der Waals surface area contributed by atoms with E-state index in [9.17, 15) is 5.11 Å². The number of fused-ring (bicyclic) bond motifs is 1. The van der Waals surface area contributed by atoms with E-state index in [0.717, 1.165) is 30.3 Å². The molecule has 1 fully saturated rings. The molecule has 5 nitrogen and oxygen atoms in total. The molecule has 3 aromatic rings. The van der Waals surface area contributed by atoms with Gasteiger partial charge in [-0.3, -0.25) is 0 Å². The van der Waals surface area contributed by atoms with Crippen molar-refractivity contribution in [2.45, 2.75) is 51.0 Å². The monoisotopic (exact) mass is 396 g/mol. The standard InChI is InChI=1S/C22H25ClN4O/c1-2-22(13-4-3-5-14-22)27-21-25-19-17(7-6-8-18(19)28)20(26-21)24-16-11-9-15(23)10-12-16/h6-12,28H,2-5,13-14H2,1H3,(H2,24,25,26,27). The molecule has 1 heterocycles. The Hall–Kier alpha value is -2.53. The average Bonchev–Trinajstić information content (AvgIpc) is 2.71. The van der Waals surface area contributed by atoms with Gasteiger partial charge in [-0.1, -0.05) is 43.9 Å². The molecular formula is C22H25ClN4O. The molecule has 0 radical (unpaired) electrons. The van der Waals surface area contributed by atoms with Crippen LogP contribution in [0, 0.1) is 0 Å². The number of phenols is 1. The fourth-order valence-corrected chi connectivity index (χ4v) is 4.12. The summed E-state index contributed by atoms with van der Waals surface area (Å²) in [5.74, 6) is 1.36. The number of rotatable bonds is 5. The van der Waals surface area contributed by atoms with Crippen molar-refractivity contribution in [3.8, 4) is 5.75 Å². The molecule has 0 unspecified atom stereocenters. The van der Waals surface area contributed by atoms with Crippen molar-refractivity contribution in [3.05, 3.63) is 47.5 Å². The highest BCUT2D eigenvalue weighted by atomic mass is 35.5. The van der Waals surface area contributed by atoms with Crippen LogP contribution in [0.15, 0.2) is 42.5 Å². The molecule has 1 aliphatic carbocycles. The van der Waals surface area contributed by atoms with Crippen molar-refractivity contribution in [2.24, 2.45) is 0 Å². The summed E-state index contributed by atoms with van der Waals surface area (Å²) >= 11 is 6.00. The Morgan fingerprint density at radius 2 is 1.79 bits per heavy atom. The summed E-state index contributed by atoms with van der Waals surface area (Å²) in [6.07, 6.45) is 6.98. The van der Waals surface area contributed by atoms with Crippen molar-refractivity contribution < 1.29 is 5.11 Å². The predicted molar refractivity (Wildman–Crippen MR) is 116 cm³/mol. The first-order valence-electron chi connectivity index (χ1n) is 9.89. The molecule has 6 heteroatoms. The fourth-order valence-electron chi connectivity index (χ4n) is 3.99.